The molecule has 0 radical (unpaired) electrons. The molecule has 3 aromatic heterocycles. The van der Waals surface area contributed by atoms with Crippen LogP contribution >= 0.6 is 0 Å². The number of para-hydroxylation sites is 1. The van der Waals surface area contributed by atoms with Crippen LogP contribution in [-0.2, 0) is 13.1 Å². The number of anilines is 2. The standard InChI is InChI=1S/C21H20N4O/c1-15-9-10-18(26-15)14-24-21-17(13-23-20-8-4-5-11-22-20)12-16-6-2-3-7-19(16)25-21/h2-12H,13-14H2,1H3,(H,22,23)(H,24,25). The number of hydrogen-bond donors (Lipinski definition) is 2. The first-order valence-corrected chi connectivity index (χ1v) is 8.61. The van der Waals surface area contributed by atoms with E-state index in [1.54, 1.807) is 6.20 Å². The molecule has 5 nitrogen and oxygen atoms in total. The Morgan fingerprint density at radius 2 is 1.81 bits per heavy atom. The van der Waals surface area contributed by atoms with Gasteiger partial charge in [-0.3, -0.25) is 0 Å². The topological polar surface area (TPSA) is 63.0 Å². The summed E-state index contributed by atoms with van der Waals surface area (Å²) in [6, 6.07) is 20.1. The number of hydrogen-bond acceptors (Lipinski definition) is 5. The maximum Gasteiger partial charge on any atom is 0.132 e. The first-order chi connectivity index (χ1) is 12.8. The van der Waals surface area contributed by atoms with Gasteiger partial charge in [0.25, 0.3) is 0 Å². The highest BCUT2D eigenvalue weighted by molar-refractivity contribution is 5.81. The normalized spacial score (nSPS) is 10.8. The van der Waals surface area contributed by atoms with Crippen LogP contribution in [0.25, 0.3) is 10.9 Å². The molecule has 0 amide bonds. The smallest absolute Gasteiger partial charge is 0.132 e. The molecule has 0 fully saturated rings. The van der Waals surface area contributed by atoms with Gasteiger partial charge in [-0.1, -0.05) is 24.3 Å². The predicted molar refractivity (Wildman–Crippen MR) is 104 cm³/mol. The summed E-state index contributed by atoms with van der Waals surface area (Å²) in [6.45, 7) is 3.17. The summed E-state index contributed by atoms with van der Waals surface area (Å²) in [5, 5.41) is 7.88. The molecule has 26 heavy (non-hydrogen) atoms. The number of aromatic nitrogens is 2. The quantitative estimate of drug-likeness (QED) is 0.528. The van der Waals surface area contributed by atoms with Crippen molar-refractivity contribution in [1.82, 2.24) is 9.97 Å². The van der Waals surface area contributed by atoms with E-state index < -0.39 is 0 Å². The Labute approximate surface area is 152 Å². The number of aryl methyl sites for hydroxylation is 1. The van der Waals surface area contributed by atoms with E-state index in [2.05, 4.69) is 27.8 Å². The van der Waals surface area contributed by atoms with Crippen LogP contribution in [0.2, 0.25) is 0 Å². The molecule has 4 rings (SSSR count). The second-order valence-corrected chi connectivity index (χ2v) is 6.12. The maximum absolute atomic E-state index is 5.65. The van der Waals surface area contributed by atoms with Crippen LogP contribution in [-0.4, -0.2) is 9.97 Å². The van der Waals surface area contributed by atoms with Crippen LogP contribution in [0.4, 0.5) is 11.6 Å². The van der Waals surface area contributed by atoms with Crippen molar-refractivity contribution in [3.05, 3.63) is 83.9 Å². The lowest BCUT2D eigenvalue weighted by molar-refractivity contribution is 0.490. The molecule has 0 saturated heterocycles. The number of furan rings is 1. The van der Waals surface area contributed by atoms with Gasteiger partial charge in [-0.25, -0.2) is 9.97 Å². The van der Waals surface area contributed by atoms with Gasteiger partial charge in [-0.05, 0) is 43.3 Å². The number of pyridine rings is 2. The van der Waals surface area contributed by atoms with Crippen LogP contribution in [0.3, 0.4) is 0 Å². The molecule has 0 aliphatic rings. The average Bonchev–Trinajstić information content (AvgIpc) is 3.10. The monoisotopic (exact) mass is 344 g/mol. The van der Waals surface area contributed by atoms with Crippen molar-refractivity contribution >= 4 is 22.5 Å². The third-order valence-electron chi connectivity index (χ3n) is 4.15. The van der Waals surface area contributed by atoms with Crippen molar-refractivity contribution in [2.45, 2.75) is 20.0 Å². The van der Waals surface area contributed by atoms with Crippen molar-refractivity contribution in [2.75, 3.05) is 10.6 Å². The highest BCUT2D eigenvalue weighted by Gasteiger charge is 2.08. The third-order valence-corrected chi connectivity index (χ3v) is 4.15. The minimum absolute atomic E-state index is 0.593. The number of fused-ring (bicyclic) bond motifs is 1. The Kier molecular flexibility index (Phi) is 4.51. The predicted octanol–water partition coefficient (Wildman–Crippen LogP) is 4.76. The summed E-state index contributed by atoms with van der Waals surface area (Å²) >= 11 is 0. The van der Waals surface area contributed by atoms with Crippen LogP contribution in [0.15, 0.2) is 71.3 Å². The van der Waals surface area contributed by atoms with E-state index in [0.29, 0.717) is 13.1 Å². The molecule has 0 atom stereocenters. The number of nitrogens with zero attached hydrogens (tertiary/aromatic N) is 2. The van der Waals surface area contributed by atoms with Gasteiger partial charge in [0.2, 0.25) is 0 Å². The lowest BCUT2D eigenvalue weighted by atomic mass is 10.1. The Hall–Kier alpha value is -3.34. The zero-order chi connectivity index (χ0) is 17.8. The molecule has 0 unspecified atom stereocenters. The highest BCUT2D eigenvalue weighted by atomic mass is 16.3. The summed E-state index contributed by atoms with van der Waals surface area (Å²) in [7, 11) is 0. The van der Waals surface area contributed by atoms with Gasteiger partial charge in [0, 0.05) is 23.7 Å². The molecule has 1 aromatic carbocycles. The van der Waals surface area contributed by atoms with Crippen LogP contribution < -0.4 is 10.6 Å². The van der Waals surface area contributed by atoms with Crippen LogP contribution in [0, 0.1) is 6.92 Å². The minimum atomic E-state index is 0.593. The zero-order valence-corrected chi connectivity index (χ0v) is 14.6. The van der Waals surface area contributed by atoms with E-state index in [1.165, 1.54) is 0 Å². The molecule has 4 aromatic rings. The maximum atomic E-state index is 5.65. The van der Waals surface area contributed by atoms with E-state index in [-0.39, 0.29) is 0 Å². The summed E-state index contributed by atoms with van der Waals surface area (Å²) in [4.78, 5) is 9.11. The molecule has 3 heterocycles. The zero-order valence-electron chi connectivity index (χ0n) is 14.6. The van der Waals surface area contributed by atoms with Gasteiger partial charge in [0.05, 0.1) is 12.1 Å². The fourth-order valence-corrected chi connectivity index (χ4v) is 2.85. The average molecular weight is 344 g/mol. The van der Waals surface area contributed by atoms with Crippen molar-refractivity contribution in [1.29, 1.82) is 0 Å². The van der Waals surface area contributed by atoms with Crippen molar-refractivity contribution in [2.24, 2.45) is 0 Å². The second-order valence-electron chi connectivity index (χ2n) is 6.12. The summed E-state index contributed by atoms with van der Waals surface area (Å²) in [5.74, 6) is 3.49. The Balaban J connectivity index is 1.60. The SMILES string of the molecule is Cc1ccc(CNc2nc3ccccc3cc2CNc2ccccn2)o1. The van der Waals surface area contributed by atoms with E-state index >= 15 is 0 Å². The second kappa shape index (κ2) is 7.27. The lowest BCUT2D eigenvalue weighted by Crippen LogP contribution is -2.08. The molecule has 130 valence electrons. The largest absolute Gasteiger partial charge is 0.465 e. The van der Waals surface area contributed by atoms with E-state index in [1.807, 2.05) is 55.5 Å². The molecule has 0 saturated carbocycles. The van der Waals surface area contributed by atoms with E-state index in [4.69, 9.17) is 9.40 Å². The van der Waals surface area contributed by atoms with Crippen molar-refractivity contribution < 1.29 is 4.42 Å². The molecule has 0 spiro atoms. The molecule has 0 aliphatic heterocycles. The Bertz CT molecular complexity index is 1010. The number of nitrogens with one attached hydrogen (secondary N) is 2. The van der Waals surface area contributed by atoms with Gasteiger partial charge in [0.15, 0.2) is 0 Å². The molecular weight excluding hydrogens is 324 g/mol. The van der Waals surface area contributed by atoms with Gasteiger partial charge < -0.3 is 15.1 Å². The summed E-state index contributed by atoms with van der Waals surface area (Å²) < 4.78 is 5.65. The van der Waals surface area contributed by atoms with E-state index in [0.717, 1.165) is 39.6 Å². The number of rotatable bonds is 6. The van der Waals surface area contributed by atoms with Gasteiger partial charge >= 0.3 is 0 Å². The van der Waals surface area contributed by atoms with Gasteiger partial charge in [0.1, 0.15) is 23.2 Å². The number of benzene rings is 1. The highest BCUT2D eigenvalue weighted by Crippen LogP contribution is 2.22. The molecule has 0 bridgehead atoms. The molecular formula is C21H20N4O. The van der Waals surface area contributed by atoms with Crippen molar-refractivity contribution in [3.8, 4) is 0 Å². The minimum Gasteiger partial charge on any atom is -0.465 e. The van der Waals surface area contributed by atoms with E-state index in [9.17, 15) is 0 Å². The fourth-order valence-electron chi connectivity index (χ4n) is 2.85. The Morgan fingerprint density at radius 1 is 0.923 bits per heavy atom. The molecule has 2 N–H and O–H groups in total. The van der Waals surface area contributed by atoms with Crippen LogP contribution in [0.1, 0.15) is 17.1 Å². The third kappa shape index (κ3) is 3.67. The van der Waals surface area contributed by atoms with Crippen LogP contribution in [0.5, 0.6) is 0 Å². The molecule has 5 heteroatoms. The first-order valence-electron chi connectivity index (χ1n) is 8.61. The lowest BCUT2D eigenvalue weighted by Gasteiger charge is -2.13. The van der Waals surface area contributed by atoms with Gasteiger partial charge in [-0.15, -0.1) is 0 Å². The first kappa shape index (κ1) is 16.1. The summed E-state index contributed by atoms with van der Waals surface area (Å²) in [5.41, 5.74) is 2.05. The molecule has 0 aliphatic carbocycles. The van der Waals surface area contributed by atoms with Crippen molar-refractivity contribution in [3.63, 3.8) is 0 Å². The summed E-state index contributed by atoms with van der Waals surface area (Å²) in [6.07, 6.45) is 1.78. The fraction of sp³-hybridized carbons (Fsp3) is 0.143. The van der Waals surface area contributed by atoms with Gasteiger partial charge in [-0.2, -0.15) is 0 Å². The Morgan fingerprint density at radius 3 is 2.62 bits per heavy atom.